The molecule has 8 nitrogen and oxygen atoms in total. The highest BCUT2D eigenvalue weighted by Crippen LogP contribution is 2.41. The van der Waals surface area contributed by atoms with Crippen LogP contribution in [0.1, 0.15) is 79.1 Å². The minimum Gasteiger partial charge on any atom is -0.481 e. The highest BCUT2D eigenvalue weighted by atomic mass is 16.4. The van der Waals surface area contributed by atoms with E-state index in [9.17, 15) is 19.8 Å². The van der Waals surface area contributed by atoms with Gasteiger partial charge < -0.3 is 31.5 Å². The Labute approximate surface area is 227 Å². The van der Waals surface area contributed by atoms with Crippen molar-refractivity contribution in [2.75, 3.05) is 0 Å². The number of rotatable bonds is 6. The van der Waals surface area contributed by atoms with E-state index in [1.165, 1.54) is 11.1 Å². The van der Waals surface area contributed by atoms with Crippen molar-refractivity contribution in [1.82, 2.24) is 21.3 Å². The summed E-state index contributed by atoms with van der Waals surface area (Å²) >= 11 is 0. The zero-order chi connectivity index (χ0) is 27.1. The fourth-order valence-corrected chi connectivity index (χ4v) is 8.57. The lowest BCUT2D eigenvalue weighted by molar-refractivity contribution is -0.138. The van der Waals surface area contributed by atoms with Crippen molar-refractivity contribution < 1.29 is 19.8 Å². The number of carboxylic acids is 2. The van der Waals surface area contributed by atoms with Gasteiger partial charge in [-0.3, -0.25) is 9.59 Å². The van der Waals surface area contributed by atoms with Gasteiger partial charge in [0.25, 0.3) is 0 Å². The smallest absolute Gasteiger partial charge is 0.303 e. The lowest BCUT2D eigenvalue weighted by Gasteiger charge is -2.28. The lowest BCUT2D eigenvalue weighted by atomic mass is 9.78. The van der Waals surface area contributed by atoms with Gasteiger partial charge in [-0.1, -0.05) is 37.1 Å². The van der Waals surface area contributed by atoms with Crippen molar-refractivity contribution in [2.24, 2.45) is 23.7 Å². The Morgan fingerprint density at radius 3 is 1.63 bits per heavy atom. The molecular weight excluding hydrogens is 480 g/mol. The summed E-state index contributed by atoms with van der Waals surface area (Å²) in [6.45, 7) is 9.10. The molecule has 6 N–H and O–H groups in total. The molecule has 0 aromatic rings. The second-order valence-corrected chi connectivity index (χ2v) is 13.1. The van der Waals surface area contributed by atoms with Crippen molar-refractivity contribution in [2.45, 2.75) is 127 Å². The SMILES string of the molecule is CC1=CC2CC3NC(CC4NC(CC5NC(C=C5C)CC1N2)C(C)C4CCC(=O)O)C(CCC(=O)O)C3C. The van der Waals surface area contributed by atoms with Crippen molar-refractivity contribution in [3.63, 3.8) is 0 Å². The van der Waals surface area contributed by atoms with E-state index < -0.39 is 11.9 Å². The molecule has 0 amide bonds. The highest BCUT2D eigenvalue weighted by Gasteiger charge is 2.47. The molecule has 12 atom stereocenters. The van der Waals surface area contributed by atoms with Crippen molar-refractivity contribution in [3.05, 3.63) is 23.3 Å². The quantitative estimate of drug-likeness (QED) is 0.291. The molecule has 38 heavy (non-hydrogen) atoms. The van der Waals surface area contributed by atoms with Gasteiger partial charge in [0.15, 0.2) is 0 Å². The topological polar surface area (TPSA) is 123 Å². The molecule has 0 aromatic carbocycles. The number of hydrogen-bond acceptors (Lipinski definition) is 6. The van der Waals surface area contributed by atoms with Gasteiger partial charge in [0.2, 0.25) is 0 Å². The summed E-state index contributed by atoms with van der Waals surface area (Å²) in [6, 6.07) is 2.51. The molecular formula is C30H48N4O4. The van der Waals surface area contributed by atoms with Gasteiger partial charge in [0.1, 0.15) is 0 Å². The van der Waals surface area contributed by atoms with Crippen LogP contribution in [0.2, 0.25) is 0 Å². The van der Waals surface area contributed by atoms with Gasteiger partial charge in [-0.25, -0.2) is 0 Å². The van der Waals surface area contributed by atoms with E-state index in [1.54, 1.807) is 0 Å². The van der Waals surface area contributed by atoms with Crippen molar-refractivity contribution >= 4 is 11.9 Å². The number of nitrogens with one attached hydrogen (secondary N) is 4. The van der Waals surface area contributed by atoms with Gasteiger partial charge in [0.05, 0.1) is 0 Å². The van der Waals surface area contributed by atoms with E-state index in [-0.39, 0.29) is 24.9 Å². The predicted octanol–water partition coefficient (Wildman–Crippen LogP) is 3.05. The fraction of sp³-hybridized carbons (Fsp3) is 0.800. The van der Waals surface area contributed by atoms with E-state index in [1.807, 2.05) is 0 Å². The molecule has 12 unspecified atom stereocenters. The Hall–Kier alpha value is -1.74. The zero-order valence-electron chi connectivity index (χ0n) is 23.5. The maximum Gasteiger partial charge on any atom is 0.303 e. The molecule has 0 spiro atoms. The maximum atomic E-state index is 11.5. The van der Waals surface area contributed by atoms with Crippen LogP contribution in [0.5, 0.6) is 0 Å². The van der Waals surface area contributed by atoms with Crippen molar-refractivity contribution in [3.8, 4) is 0 Å². The summed E-state index contributed by atoms with van der Waals surface area (Å²) in [4.78, 5) is 23.0. The summed E-state index contributed by atoms with van der Waals surface area (Å²) < 4.78 is 0. The van der Waals surface area contributed by atoms with Crippen LogP contribution in [-0.2, 0) is 9.59 Å². The molecule has 0 saturated carbocycles. The first-order valence-corrected chi connectivity index (χ1v) is 14.9. The number of carboxylic acid groups (broad SMARTS) is 2. The molecule has 0 aliphatic carbocycles. The maximum absolute atomic E-state index is 11.5. The van der Waals surface area contributed by atoms with Crippen LogP contribution < -0.4 is 21.3 Å². The van der Waals surface area contributed by atoms with Gasteiger partial charge in [0, 0.05) is 61.2 Å². The van der Waals surface area contributed by atoms with Crippen LogP contribution in [0.15, 0.2) is 23.3 Å². The molecule has 5 aliphatic rings. The number of aliphatic carboxylic acids is 2. The normalized spacial score (nSPS) is 44.6. The molecule has 0 aromatic heterocycles. The predicted molar refractivity (Wildman–Crippen MR) is 148 cm³/mol. The standard InChI is InChI=1S/C30H48N4O4/c1-15-9-20-12-25-17(3)21(5-7-29(35)36)27(33-25)14-28-22(6-8-30(37)38)18(4)26(34-28)13-24-16(2)10-19(32-24)11-23(15)31-20/h9-10,17-28,31-34H,5-8,11-14H2,1-4H3,(H,35,36)(H,37,38). The first kappa shape index (κ1) is 27.8. The lowest BCUT2D eigenvalue weighted by Crippen LogP contribution is -2.45. The Bertz CT molecular complexity index is 966. The molecule has 212 valence electrons. The number of fused-ring (bicyclic) bond motifs is 8. The van der Waals surface area contributed by atoms with Crippen LogP contribution in [0, 0.1) is 23.7 Å². The minimum atomic E-state index is -0.727. The minimum absolute atomic E-state index is 0.197. The Morgan fingerprint density at radius 1 is 0.684 bits per heavy atom. The Morgan fingerprint density at radius 2 is 1.13 bits per heavy atom. The van der Waals surface area contributed by atoms with E-state index in [2.05, 4.69) is 61.1 Å². The summed E-state index contributed by atoms with van der Waals surface area (Å²) in [7, 11) is 0. The summed E-state index contributed by atoms with van der Waals surface area (Å²) in [6.07, 6.45) is 10.6. The third-order valence-electron chi connectivity index (χ3n) is 10.7. The average molecular weight is 529 g/mol. The molecule has 3 fully saturated rings. The molecule has 8 heteroatoms. The first-order chi connectivity index (χ1) is 18.1. The van der Waals surface area contributed by atoms with Crippen molar-refractivity contribution in [1.29, 1.82) is 0 Å². The van der Waals surface area contributed by atoms with Gasteiger partial charge in [-0.15, -0.1) is 0 Å². The molecule has 5 aliphatic heterocycles. The third-order valence-corrected chi connectivity index (χ3v) is 10.7. The molecule has 5 heterocycles. The molecule has 5 rings (SSSR count). The highest BCUT2D eigenvalue weighted by molar-refractivity contribution is 5.67. The zero-order valence-corrected chi connectivity index (χ0v) is 23.5. The van der Waals surface area contributed by atoms with E-state index in [0.717, 1.165) is 25.7 Å². The third kappa shape index (κ3) is 5.88. The summed E-state index contributed by atoms with van der Waals surface area (Å²) in [5, 5.41) is 34.7. The Kier molecular flexibility index (Phi) is 8.34. The molecule has 0 radical (unpaired) electrons. The van der Waals surface area contributed by atoms with Gasteiger partial charge >= 0.3 is 11.9 Å². The first-order valence-electron chi connectivity index (χ1n) is 14.9. The second kappa shape index (κ2) is 11.4. The van der Waals surface area contributed by atoms with E-state index >= 15 is 0 Å². The van der Waals surface area contributed by atoms with Crippen LogP contribution in [0.4, 0.5) is 0 Å². The summed E-state index contributed by atoms with van der Waals surface area (Å²) in [5.74, 6) is -0.0796. The van der Waals surface area contributed by atoms with Crippen LogP contribution in [0.3, 0.4) is 0 Å². The van der Waals surface area contributed by atoms with Gasteiger partial charge in [-0.05, 0) is 76.0 Å². The van der Waals surface area contributed by atoms with E-state index in [0.29, 0.717) is 72.8 Å². The summed E-state index contributed by atoms with van der Waals surface area (Å²) in [5.41, 5.74) is 2.84. The van der Waals surface area contributed by atoms with Crippen LogP contribution in [-0.4, -0.2) is 70.5 Å². The fourth-order valence-electron chi connectivity index (χ4n) is 8.57. The molecule has 3 saturated heterocycles. The monoisotopic (exact) mass is 528 g/mol. The average Bonchev–Trinajstić information content (AvgIpc) is 3.53. The second-order valence-electron chi connectivity index (χ2n) is 13.1. The van der Waals surface area contributed by atoms with Crippen LogP contribution >= 0.6 is 0 Å². The largest absolute Gasteiger partial charge is 0.481 e. The number of carbonyl (C=O) groups is 2. The number of hydrogen-bond donors (Lipinski definition) is 6. The molecule has 8 bridgehead atoms. The van der Waals surface area contributed by atoms with E-state index in [4.69, 9.17) is 0 Å². The van der Waals surface area contributed by atoms with Gasteiger partial charge in [-0.2, -0.15) is 0 Å². The van der Waals surface area contributed by atoms with Crippen LogP contribution in [0.25, 0.3) is 0 Å². The Balaban J connectivity index is 1.42.